The van der Waals surface area contributed by atoms with Gasteiger partial charge in [-0.3, -0.25) is 0 Å². The molecule has 0 atom stereocenters. The summed E-state index contributed by atoms with van der Waals surface area (Å²) < 4.78 is 0. The summed E-state index contributed by atoms with van der Waals surface area (Å²) in [6, 6.07) is 0. The first-order valence-corrected chi connectivity index (χ1v) is 3.90. The number of nitrogens with one attached hydrogen (secondary N) is 1. The molecule has 0 aliphatic heterocycles. The van der Waals surface area contributed by atoms with Crippen molar-refractivity contribution in [2.45, 2.75) is 20.8 Å². The quantitative estimate of drug-likeness (QED) is 0.611. The van der Waals surface area contributed by atoms with Gasteiger partial charge in [0.2, 0.25) is 0 Å². The number of likely N-dealkylation sites (N-methyl/N-ethyl adjacent to an activating group) is 1. The molecule has 0 aromatic heterocycles. The Hall–Kier alpha value is -0.980. The molecule has 1 heteroatoms. The molecule has 0 rings (SSSR count). The zero-order valence-electron chi connectivity index (χ0n) is 7.81. The second kappa shape index (κ2) is 5.78. The van der Waals surface area contributed by atoms with Crippen LogP contribution >= 0.6 is 0 Å². The molecule has 0 heterocycles. The van der Waals surface area contributed by atoms with Gasteiger partial charge in [0.1, 0.15) is 0 Å². The zero-order chi connectivity index (χ0) is 8.69. The minimum atomic E-state index is 1.17. The molecule has 0 aliphatic rings. The first kappa shape index (κ1) is 10.0. The molecule has 62 valence electrons. The fraction of sp³-hybridized carbons (Fsp3) is 0.400. The van der Waals surface area contributed by atoms with Gasteiger partial charge >= 0.3 is 0 Å². The van der Waals surface area contributed by atoms with E-state index in [9.17, 15) is 0 Å². The van der Waals surface area contributed by atoms with Gasteiger partial charge in [0.05, 0.1) is 0 Å². The molecule has 0 bridgehead atoms. The molecule has 1 nitrogen and oxygen atoms in total. The van der Waals surface area contributed by atoms with Gasteiger partial charge in [-0.1, -0.05) is 18.2 Å². The maximum absolute atomic E-state index is 3.13. The molecule has 1 N–H and O–H groups in total. The molecule has 0 amide bonds. The SMILES string of the molecule is C\C=C/C=C(NC)/C(C)=C/C. The summed E-state index contributed by atoms with van der Waals surface area (Å²) in [4.78, 5) is 0. The fourth-order valence-corrected chi connectivity index (χ4v) is 0.760. The molecule has 11 heavy (non-hydrogen) atoms. The highest BCUT2D eigenvalue weighted by Crippen LogP contribution is 2.04. The zero-order valence-corrected chi connectivity index (χ0v) is 7.81. The van der Waals surface area contributed by atoms with Crippen LogP contribution in [0.15, 0.2) is 35.6 Å². The average molecular weight is 151 g/mol. The molecular formula is C10H17N. The maximum atomic E-state index is 3.13. The molecule has 0 fully saturated rings. The lowest BCUT2D eigenvalue weighted by Gasteiger charge is -2.04. The average Bonchev–Trinajstić information content (AvgIpc) is 2.05. The Morgan fingerprint density at radius 2 is 1.91 bits per heavy atom. The topological polar surface area (TPSA) is 12.0 Å². The maximum Gasteiger partial charge on any atom is 0.0363 e. The van der Waals surface area contributed by atoms with Crippen LogP contribution in [0.3, 0.4) is 0 Å². The van der Waals surface area contributed by atoms with Crippen molar-refractivity contribution in [2.24, 2.45) is 0 Å². The van der Waals surface area contributed by atoms with Crippen molar-refractivity contribution in [3.63, 3.8) is 0 Å². The van der Waals surface area contributed by atoms with E-state index in [1.807, 2.05) is 33.0 Å². The summed E-state index contributed by atoms with van der Waals surface area (Å²) in [5.74, 6) is 0. The second-order valence-corrected chi connectivity index (χ2v) is 2.33. The monoisotopic (exact) mass is 151 g/mol. The van der Waals surface area contributed by atoms with Gasteiger partial charge in [-0.15, -0.1) is 0 Å². The van der Waals surface area contributed by atoms with E-state index >= 15 is 0 Å². The van der Waals surface area contributed by atoms with Crippen LogP contribution in [0, 0.1) is 0 Å². The van der Waals surface area contributed by atoms with Crippen LogP contribution in [0.5, 0.6) is 0 Å². The minimum absolute atomic E-state index is 1.17. The summed E-state index contributed by atoms with van der Waals surface area (Å²) in [7, 11) is 1.93. The highest BCUT2D eigenvalue weighted by molar-refractivity contribution is 5.29. The first-order valence-electron chi connectivity index (χ1n) is 3.90. The summed E-state index contributed by atoms with van der Waals surface area (Å²) in [6.45, 7) is 6.14. The number of rotatable bonds is 3. The van der Waals surface area contributed by atoms with Gasteiger partial charge in [-0.05, 0) is 32.4 Å². The van der Waals surface area contributed by atoms with E-state index in [-0.39, 0.29) is 0 Å². The van der Waals surface area contributed by atoms with E-state index in [0.717, 1.165) is 0 Å². The standard InChI is InChI=1S/C10H17N/c1-5-7-8-10(11-4)9(3)6-2/h5-8,11H,1-4H3/b7-5-,9-6+,10-8-. The van der Waals surface area contributed by atoms with Crippen LogP contribution < -0.4 is 5.32 Å². The van der Waals surface area contributed by atoms with Gasteiger partial charge in [-0.25, -0.2) is 0 Å². The fourth-order valence-electron chi connectivity index (χ4n) is 0.760. The van der Waals surface area contributed by atoms with Gasteiger partial charge < -0.3 is 5.32 Å². The van der Waals surface area contributed by atoms with E-state index in [2.05, 4.69) is 24.4 Å². The smallest absolute Gasteiger partial charge is 0.0363 e. The summed E-state index contributed by atoms with van der Waals surface area (Å²) in [5, 5.41) is 3.13. The van der Waals surface area contributed by atoms with Crippen molar-refractivity contribution in [3.05, 3.63) is 35.6 Å². The van der Waals surface area contributed by atoms with Crippen LogP contribution in [0.2, 0.25) is 0 Å². The molecule has 0 saturated carbocycles. The highest BCUT2D eigenvalue weighted by Gasteiger charge is 1.91. The summed E-state index contributed by atoms with van der Waals surface area (Å²) in [6.07, 6.45) is 8.19. The van der Waals surface area contributed by atoms with Crippen molar-refractivity contribution < 1.29 is 0 Å². The normalized spacial score (nSPS) is 14.2. The van der Waals surface area contributed by atoms with Crippen LogP contribution in [0.1, 0.15) is 20.8 Å². The summed E-state index contributed by atoms with van der Waals surface area (Å²) in [5.41, 5.74) is 2.44. The third-order valence-electron chi connectivity index (χ3n) is 1.58. The van der Waals surface area contributed by atoms with Crippen LogP contribution in [0.4, 0.5) is 0 Å². The van der Waals surface area contributed by atoms with E-state index in [4.69, 9.17) is 0 Å². The van der Waals surface area contributed by atoms with Crippen molar-refractivity contribution >= 4 is 0 Å². The number of allylic oxidation sites excluding steroid dienone is 5. The Morgan fingerprint density at radius 3 is 2.27 bits per heavy atom. The van der Waals surface area contributed by atoms with E-state index in [1.54, 1.807) is 0 Å². The molecule has 0 aliphatic carbocycles. The van der Waals surface area contributed by atoms with Gasteiger partial charge in [0.25, 0.3) is 0 Å². The van der Waals surface area contributed by atoms with Crippen molar-refractivity contribution in [2.75, 3.05) is 7.05 Å². The lowest BCUT2D eigenvalue weighted by Crippen LogP contribution is -2.06. The Morgan fingerprint density at radius 1 is 1.27 bits per heavy atom. The largest absolute Gasteiger partial charge is 0.388 e. The molecule has 0 saturated heterocycles. The Kier molecular flexibility index (Phi) is 5.26. The van der Waals surface area contributed by atoms with Gasteiger partial charge in [0, 0.05) is 12.7 Å². The number of hydrogen-bond acceptors (Lipinski definition) is 1. The predicted molar refractivity (Wildman–Crippen MR) is 51.4 cm³/mol. The van der Waals surface area contributed by atoms with Crippen LogP contribution in [-0.4, -0.2) is 7.05 Å². The lowest BCUT2D eigenvalue weighted by molar-refractivity contribution is 0.997. The second-order valence-electron chi connectivity index (χ2n) is 2.33. The molecular weight excluding hydrogens is 134 g/mol. The minimum Gasteiger partial charge on any atom is -0.388 e. The molecule has 0 unspecified atom stereocenters. The van der Waals surface area contributed by atoms with E-state index in [0.29, 0.717) is 0 Å². The molecule has 0 aromatic carbocycles. The van der Waals surface area contributed by atoms with Crippen LogP contribution in [-0.2, 0) is 0 Å². The lowest BCUT2D eigenvalue weighted by atomic mass is 10.2. The van der Waals surface area contributed by atoms with Crippen molar-refractivity contribution in [1.82, 2.24) is 5.32 Å². The Labute approximate surface area is 69.5 Å². The first-order chi connectivity index (χ1) is 5.26. The Balaban J connectivity index is 4.39. The van der Waals surface area contributed by atoms with E-state index in [1.165, 1.54) is 11.3 Å². The Bertz CT molecular complexity index is 185. The highest BCUT2D eigenvalue weighted by atomic mass is 14.8. The molecule has 0 aromatic rings. The van der Waals surface area contributed by atoms with Gasteiger partial charge in [-0.2, -0.15) is 0 Å². The summed E-state index contributed by atoms with van der Waals surface area (Å²) >= 11 is 0. The molecule has 0 spiro atoms. The predicted octanol–water partition coefficient (Wildman–Crippen LogP) is 2.63. The molecule has 0 radical (unpaired) electrons. The van der Waals surface area contributed by atoms with E-state index < -0.39 is 0 Å². The number of hydrogen-bond donors (Lipinski definition) is 1. The third-order valence-corrected chi connectivity index (χ3v) is 1.58. The van der Waals surface area contributed by atoms with Crippen molar-refractivity contribution in [1.29, 1.82) is 0 Å². The van der Waals surface area contributed by atoms with Gasteiger partial charge in [0.15, 0.2) is 0 Å². The van der Waals surface area contributed by atoms with Crippen molar-refractivity contribution in [3.8, 4) is 0 Å². The van der Waals surface area contributed by atoms with Crippen LogP contribution in [0.25, 0.3) is 0 Å². The third kappa shape index (κ3) is 3.66.